The molecule has 0 spiro atoms. The largest absolute Gasteiger partial charge is 0.382 e. The molecule has 0 aliphatic rings. The first-order chi connectivity index (χ1) is 14.3. The van der Waals surface area contributed by atoms with Crippen molar-refractivity contribution in [2.24, 2.45) is 0 Å². The van der Waals surface area contributed by atoms with Gasteiger partial charge in [0.2, 0.25) is 0 Å². The maximum Gasteiger partial charge on any atom is 0.266 e. The molecule has 0 saturated heterocycles. The molecule has 6 nitrogen and oxygen atoms in total. The lowest BCUT2D eigenvalue weighted by Crippen LogP contribution is -2.34. The number of halogens is 3. The second kappa shape index (κ2) is 10.1. The van der Waals surface area contributed by atoms with Gasteiger partial charge in [-0.05, 0) is 43.3 Å². The van der Waals surface area contributed by atoms with Gasteiger partial charge in [-0.3, -0.25) is 4.72 Å². The van der Waals surface area contributed by atoms with Crippen LogP contribution in [0.5, 0.6) is 0 Å². The van der Waals surface area contributed by atoms with E-state index < -0.39 is 20.7 Å². The lowest BCUT2D eigenvalue weighted by atomic mass is 10.1. The molecule has 0 fully saturated rings. The zero-order valence-corrected chi connectivity index (χ0v) is 19.8. The van der Waals surface area contributed by atoms with Crippen LogP contribution in [0.15, 0.2) is 57.3 Å². The van der Waals surface area contributed by atoms with Gasteiger partial charge >= 0.3 is 0 Å². The van der Waals surface area contributed by atoms with Gasteiger partial charge in [-0.15, -0.1) is 11.3 Å². The van der Waals surface area contributed by atoms with Crippen molar-refractivity contribution in [1.82, 2.24) is 10.3 Å². The number of likely N-dealkylation sites (N-methyl/N-ethyl adjacent to an activating group) is 1. The van der Waals surface area contributed by atoms with Crippen molar-refractivity contribution in [2.75, 3.05) is 23.6 Å². The Kier molecular flexibility index (Phi) is 7.70. The maximum absolute atomic E-state index is 14.6. The van der Waals surface area contributed by atoms with Crippen molar-refractivity contribution < 1.29 is 12.8 Å². The molecule has 160 valence electrons. The minimum Gasteiger partial charge on any atom is -0.382 e. The van der Waals surface area contributed by atoms with Gasteiger partial charge in [0.15, 0.2) is 5.13 Å². The highest BCUT2D eigenvalue weighted by Gasteiger charge is 2.22. The average molecular weight is 534 g/mol. The highest BCUT2D eigenvalue weighted by Crippen LogP contribution is 2.29. The van der Waals surface area contributed by atoms with E-state index in [9.17, 15) is 12.8 Å². The van der Waals surface area contributed by atoms with Gasteiger partial charge in [0.1, 0.15) is 10.7 Å². The fraction of sp³-hybridized carbons (Fsp3) is 0.211. The third kappa shape index (κ3) is 5.92. The van der Waals surface area contributed by atoms with Gasteiger partial charge in [0.05, 0.1) is 10.7 Å². The molecular formula is C19H19BrClFN4O2S2. The summed E-state index contributed by atoms with van der Waals surface area (Å²) in [6, 6.07) is 10.2. The Balaban J connectivity index is 1.71. The summed E-state index contributed by atoms with van der Waals surface area (Å²) >= 11 is 10.8. The fourth-order valence-corrected chi connectivity index (χ4v) is 5.39. The predicted octanol–water partition coefficient (Wildman–Crippen LogP) is 4.74. The molecule has 3 rings (SSSR count). The van der Waals surface area contributed by atoms with Crippen LogP contribution in [0.25, 0.3) is 0 Å². The average Bonchev–Trinajstić information content (AvgIpc) is 3.19. The van der Waals surface area contributed by atoms with Gasteiger partial charge in [-0.25, -0.2) is 17.8 Å². The predicted molar refractivity (Wildman–Crippen MR) is 124 cm³/mol. The number of nitrogens with zero attached hydrogens (tertiary/aromatic N) is 1. The van der Waals surface area contributed by atoms with E-state index in [0.29, 0.717) is 12.2 Å². The second-order valence-electron chi connectivity index (χ2n) is 6.41. The lowest BCUT2D eigenvalue weighted by Gasteiger charge is -2.19. The maximum atomic E-state index is 14.6. The Morgan fingerprint density at radius 3 is 2.77 bits per heavy atom. The number of anilines is 2. The summed E-state index contributed by atoms with van der Waals surface area (Å²) in [5.74, 6) is -0.904. The Bertz CT molecular complexity index is 1110. The molecule has 1 atom stereocenters. The molecule has 2 aromatic carbocycles. The number of hydrogen-bond acceptors (Lipinski definition) is 6. The standard InChI is InChI=1S/C19H19BrClFN4O2S2/c1-23-14(8-12-3-2-4-13(20)7-12)11-25-17-10-16(22)18(9-15(17)21)30(27,28)26-19-24-5-6-29-19/h2-7,9-10,14,23,25H,8,11H2,1H3,(H,24,26)/t14-/m0/s1. The number of rotatable bonds is 9. The molecule has 0 radical (unpaired) electrons. The number of hydrogen-bond donors (Lipinski definition) is 3. The third-order valence-electron chi connectivity index (χ3n) is 4.28. The number of aromatic nitrogens is 1. The van der Waals surface area contributed by atoms with Crippen LogP contribution in [-0.2, 0) is 16.4 Å². The van der Waals surface area contributed by atoms with Crippen molar-refractivity contribution in [3.63, 3.8) is 0 Å². The highest BCUT2D eigenvalue weighted by molar-refractivity contribution is 9.10. The van der Waals surface area contributed by atoms with Crippen LogP contribution in [0.1, 0.15) is 5.56 Å². The topological polar surface area (TPSA) is 83.1 Å². The molecule has 3 N–H and O–H groups in total. The number of nitrogens with one attached hydrogen (secondary N) is 3. The Labute approximate surface area is 192 Å². The van der Waals surface area contributed by atoms with Crippen molar-refractivity contribution >= 4 is 59.7 Å². The zero-order chi connectivity index (χ0) is 21.7. The van der Waals surface area contributed by atoms with Gasteiger partial charge in [-0.1, -0.05) is 39.7 Å². The van der Waals surface area contributed by atoms with E-state index in [2.05, 4.69) is 36.3 Å². The van der Waals surface area contributed by atoms with E-state index in [0.717, 1.165) is 39.9 Å². The number of thiazole rings is 1. The molecular weight excluding hydrogens is 515 g/mol. The Hall–Kier alpha value is -1.72. The summed E-state index contributed by atoms with van der Waals surface area (Å²) in [7, 11) is -2.30. The van der Waals surface area contributed by atoms with Crippen LogP contribution in [0.3, 0.4) is 0 Å². The van der Waals surface area contributed by atoms with Crippen molar-refractivity contribution in [3.8, 4) is 0 Å². The van der Waals surface area contributed by atoms with Crippen molar-refractivity contribution in [3.05, 3.63) is 68.9 Å². The molecule has 30 heavy (non-hydrogen) atoms. The monoisotopic (exact) mass is 532 g/mol. The summed E-state index contributed by atoms with van der Waals surface area (Å²) in [5, 5.41) is 8.17. The molecule has 1 heterocycles. The van der Waals surface area contributed by atoms with E-state index in [1.54, 1.807) is 5.38 Å². The summed E-state index contributed by atoms with van der Waals surface area (Å²) in [4.78, 5) is 3.31. The smallest absolute Gasteiger partial charge is 0.266 e. The quantitative estimate of drug-likeness (QED) is 0.370. The lowest BCUT2D eigenvalue weighted by molar-refractivity contribution is 0.568. The van der Waals surface area contributed by atoms with Crippen LogP contribution >= 0.6 is 38.9 Å². The minimum absolute atomic E-state index is 0.0495. The second-order valence-corrected chi connectivity index (χ2v) is 10.3. The van der Waals surface area contributed by atoms with Crippen LogP contribution < -0.4 is 15.4 Å². The normalized spacial score (nSPS) is 12.5. The van der Waals surface area contributed by atoms with Crippen LogP contribution in [0.4, 0.5) is 15.2 Å². The fourth-order valence-electron chi connectivity index (χ4n) is 2.77. The third-order valence-corrected chi connectivity index (χ3v) is 7.26. The molecule has 0 aliphatic carbocycles. The van der Waals surface area contributed by atoms with Crippen LogP contribution in [0.2, 0.25) is 5.02 Å². The van der Waals surface area contributed by atoms with Gasteiger partial charge in [0.25, 0.3) is 10.0 Å². The van der Waals surface area contributed by atoms with Gasteiger partial charge < -0.3 is 10.6 Å². The van der Waals surface area contributed by atoms with Gasteiger partial charge in [-0.2, -0.15) is 0 Å². The Morgan fingerprint density at radius 1 is 1.30 bits per heavy atom. The highest BCUT2D eigenvalue weighted by atomic mass is 79.9. The van der Waals surface area contributed by atoms with Crippen LogP contribution in [-0.4, -0.2) is 33.0 Å². The molecule has 0 aliphatic heterocycles. The Morgan fingerprint density at radius 2 is 2.10 bits per heavy atom. The molecule has 3 aromatic rings. The molecule has 0 amide bonds. The summed E-state index contributed by atoms with van der Waals surface area (Å²) in [6.45, 7) is 0.464. The molecule has 0 saturated carbocycles. The van der Waals surface area contributed by atoms with Crippen molar-refractivity contribution in [1.29, 1.82) is 0 Å². The SMILES string of the molecule is CN[C@H](CNc1cc(F)c(S(=O)(=O)Nc2nccs2)cc1Cl)Cc1cccc(Br)c1. The molecule has 0 bridgehead atoms. The first kappa shape index (κ1) is 23.0. The molecule has 11 heteroatoms. The van der Waals surface area contributed by atoms with Crippen LogP contribution in [0, 0.1) is 5.82 Å². The van der Waals surface area contributed by atoms with Crippen molar-refractivity contribution in [2.45, 2.75) is 17.4 Å². The van der Waals surface area contributed by atoms with Gasteiger partial charge in [0, 0.05) is 28.6 Å². The number of benzene rings is 2. The first-order valence-electron chi connectivity index (χ1n) is 8.85. The molecule has 0 unspecified atom stereocenters. The van der Waals surface area contributed by atoms with E-state index in [1.807, 2.05) is 31.3 Å². The van der Waals surface area contributed by atoms with E-state index in [-0.39, 0.29) is 16.2 Å². The summed E-state index contributed by atoms with van der Waals surface area (Å²) in [5.41, 5.74) is 1.45. The first-order valence-corrected chi connectivity index (χ1v) is 12.4. The van der Waals surface area contributed by atoms with E-state index in [1.165, 1.54) is 6.20 Å². The molecule has 1 aromatic heterocycles. The number of sulfonamides is 1. The van der Waals surface area contributed by atoms with E-state index >= 15 is 0 Å². The zero-order valence-electron chi connectivity index (χ0n) is 15.8. The summed E-state index contributed by atoms with van der Waals surface area (Å²) < 4.78 is 42.7. The summed E-state index contributed by atoms with van der Waals surface area (Å²) in [6.07, 6.45) is 2.19. The van der Waals surface area contributed by atoms with E-state index in [4.69, 9.17) is 11.6 Å². The minimum atomic E-state index is -4.14.